The third-order valence-corrected chi connectivity index (χ3v) is 7.08. The van der Waals surface area contributed by atoms with Crippen molar-refractivity contribution in [2.45, 2.75) is 14.7 Å². The number of anilines is 2. The Morgan fingerprint density at radius 2 is 1.65 bits per heavy atom. The lowest BCUT2D eigenvalue weighted by molar-refractivity contribution is -0.121. The van der Waals surface area contributed by atoms with Crippen LogP contribution >= 0.6 is 23.4 Å². The van der Waals surface area contributed by atoms with Gasteiger partial charge in [-0.15, -0.1) is 0 Å². The standard InChI is InChI=1S/C22H16ClNO5S2/c1-31(27,28)16-9-6-14(7-10-16)22(26)29-13-21(25)24-17-4-2-3-5-19(17)30-20-11-8-15(23)12-18(20)24/h2-12H,13H2,1H3. The number of benzene rings is 3. The lowest BCUT2D eigenvalue weighted by Gasteiger charge is -2.31. The van der Waals surface area contributed by atoms with E-state index in [1.807, 2.05) is 30.3 Å². The lowest BCUT2D eigenvalue weighted by atomic mass is 10.2. The molecule has 6 nitrogen and oxygen atoms in total. The van der Waals surface area contributed by atoms with E-state index >= 15 is 0 Å². The maximum Gasteiger partial charge on any atom is 0.338 e. The first kappa shape index (κ1) is 21.4. The SMILES string of the molecule is CS(=O)(=O)c1ccc(C(=O)OCC(=O)N2c3ccccc3Sc3ccc(Cl)cc32)cc1. The Kier molecular flexibility index (Phi) is 5.79. The van der Waals surface area contributed by atoms with Crippen molar-refractivity contribution in [2.24, 2.45) is 0 Å². The summed E-state index contributed by atoms with van der Waals surface area (Å²) in [6, 6.07) is 18.1. The highest BCUT2D eigenvalue weighted by molar-refractivity contribution is 7.99. The van der Waals surface area contributed by atoms with Crippen LogP contribution in [0.2, 0.25) is 5.02 Å². The van der Waals surface area contributed by atoms with Gasteiger partial charge in [-0.2, -0.15) is 0 Å². The number of amides is 1. The molecule has 1 aliphatic rings. The fourth-order valence-corrected chi connectivity index (χ4v) is 4.95. The highest BCUT2D eigenvalue weighted by Gasteiger charge is 2.29. The number of para-hydroxylation sites is 1. The van der Waals surface area contributed by atoms with Crippen LogP contribution in [0.4, 0.5) is 11.4 Å². The molecule has 0 N–H and O–H groups in total. The molecular formula is C22H16ClNO5S2. The number of carbonyl (C=O) groups is 2. The molecule has 31 heavy (non-hydrogen) atoms. The third-order valence-electron chi connectivity index (χ3n) is 4.58. The van der Waals surface area contributed by atoms with Gasteiger partial charge < -0.3 is 4.74 Å². The molecule has 0 aliphatic carbocycles. The van der Waals surface area contributed by atoms with Gasteiger partial charge in [0.25, 0.3) is 5.91 Å². The summed E-state index contributed by atoms with van der Waals surface area (Å²) in [6.45, 7) is -0.488. The molecule has 0 bridgehead atoms. The normalized spacial score (nSPS) is 12.6. The summed E-state index contributed by atoms with van der Waals surface area (Å²) < 4.78 is 28.3. The van der Waals surface area contributed by atoms with Crippen LogP contribution in [-0.4, -0.2) is 33.2 Å². The van der Waals surface area contributed by atoms with Gasteiger partial charge in [-0.1, -0.05) is 35.5 Å². The average Bonchev–Trinajstić information content (AvgIpc) is 2.75. The van der Waals surface area contributed by atoms with Crippen LogP contribution in [0.3, 0.4) is 0 Å². The molecule has 1 amide bonds. The summed E-state index contributed by atoms with van der Waals surface area (Å²) in [5, 5.41) is 0.486. The van der Waals surface area contributed by atoms with Gasteiger partial charge >= 0.3 is 5.97 Å². The van der Waals surface area contributed by atoms with E-state index in [1.165, 1.54) is 40.9 Å². The maximum absolute atomic E-state index is 13.1. The summed E-state index contributed by atoms with van der Waals surface area (Å²) >= 11 is 7.68. The Morgan fingerprint density at radius 1 is 0.968 bits per heavy atom. The Hall–Kier alpha value is -2.81. The summed E-state index contributed by atoms with van der Waals surface area (Å²) in [6.07, 6.45) is 1.08. The minimum Gasteiger partial charge on any atom is -0.452 e. The van der Waals surface area contributed by atoms with Crippen LogP contribution in [0.5, 0.6) is 0 Å². The van der Waals surface area contributed by atoms with Crippen LogP contribution in [0.25, 0.3) is 0 Å². The average molecular weight is 474 g/mol. The van der Waals surface area contributed by atoms with Crippen molar-refractivity contribution < 1.29 is 22.7 Å². The number of esters is 1. The van der Waals surface area contributed by atoms with Gasteiger partial charge in [-0.25, -0.2) is 13.2 Å². The summed E-state index contributed by atoms with van der Waals surface area (Å²) in [4.78, 5) is 28.8. The number of nitrogens with zero attached hydrogens (tertiary/aromatic N) is 1. The fourth-order valence-electron chi connectivity index (χ4n) is 3.11. The van der Waals surface area contributed by atoms with Crippen molar-refractivity contribution in [3.8, 4) is 0 Å². The maximum atomic E-state index is 13.1. The molecule has 3 aromatic rings. The number of rotatable bonds is 4. The van der Waals surface area contributed by atoms with Crippen LogP contribution < -0.4 is 4.90 Å². The van der Waals surface area contributed by atoms with Crippen LogP contribution in [0.1, 0.15) is 10.4 Å². The second kappa shape index (κ2) is 8.37. The van der Waals surface area contributed by atoms with Gasteiger partial charge in [-0.3, -0.25) is 9.69 Å². The highest BCUT2D eigenvalue weighted by atomic mass is 35.5. The summed E-state index contributed by atoms with van der Waals surface area (Å²) in [7, 11) is -3.37. The molecule has 4 rings (SSSR count). The fraction of sp³-hybridized carbons (Fsp3) is 0.0909. The molecule has 9 heteroatoms. The second-order valence-corrected chi connectivity index (χ2v) is 10.3. The molecular weight excluding hydrogens is 458 g/mol. The molecule has 0 atom stereocenters. The summed E-state index contributed by atoms with van der Waals surface area (Å²) in [5.74, 6) is -1.16. The van der Waals surface area contributed by atoms with Crippen LogP contribution in [-0.2, 0) is 19.4 Å². The largest absolute Gasteiger partial charge is 0.452 e. The molecule has 0 spiro atoms. The molecule has 0 radical (unpaired) electrons. The van der Waals surface area contributed by atoms with Gasteiger partial charge in [0, 0.05) is 21.1 Å². The number of sulfone groups is 1. The van der Waals surface area contributed by atoms with Gasteiger partial charge in [0.05, 0.1) is 21.8 Å². The third kappa shape index (κ3) is 4.46. The Labute approximate surface area is 188 Å². The van der Waals surface area contributed by atoms with Crippen LogP contribution in [0.15, 0.2) is 81.4 Å². The smallest absolute Gasteiger partial charge is 0.338 e. The predicted octanol–water partition coefficient (Wildman–Crippen LogP) is 4.73. The van der Waals surface area contributed by atoms with Crippen molar-refractivity contribution in [2.75, 3.05) is 17.8 Å². The molecule has 0 saturated carbocycles. The number of carbonyl (C=O) groups excluding carboxylic acids is 2. The molecule has 0 saturated heterocycles. The first-order chi connectivity index (χ1) is 14.7. The first-order valence-electron chi connectivity index (χ1n) is 9.11. The Morgan fingerprint density at radius 3 is 2.35 bits per heavy atom. The lowest BCUT2D eigenvalue weighted by Crippen LogP contribution is -2.32. The Balaban J connectivity index is 1.55. The predicted molar refractivity (Wildman–Crippen MR) is 119 cm³/mol. The van der Waals surface area contributed by atoms with E-state index < -0.39 is 28.3 Å². The quantitative estimate of drug-likeness (QED) is 0.509. The van der Waals surface area contributed by atoms with Crippen molar-refractivity contribution in [3.05, 3.63) is 77.3 Å². The van der Waals surface area contributed by atoms with E-state index in [1.54, 1.807) is 12.1 Å². The van der Waals surface area contributed by atoms with Gasteiger partial charge in [0.15, 0.2) is 16.4 Å². The number of fused-ring (bicyclic) bond motifs is 2. The second-order valence-electron chi connectivity index (χ2n) is 6.78. The zero-order chi connectivity index (χ0) is 22.2. The molecule has 1 heterocycles. The van der Waals surface area contributed by atoms with Crippen molar-refractivity contribution in [1.82, 2.24) is 0 Å². The van der Waals surface area contributed by atoms with Gasteiger partial charge in [0.2, 0.25) is 0 Å². The van der Waals surface area contributed by atoms with E-state index in [0.717, 1.165) is 16.0 Å². The molecule has 3 aromatic carbocycles. The Bertz CT molecular complexity index is 1290. The van der Waals surface area contributed by atoms with Gasteiger partial charge in [-0.05, 0) is 54.6 Å². The minimum atomic E-state index is -3.37. The molecule has 1 aliphatic heterocycles. The van der Waals surface area contributed by atoms with E-state index in [4.69, 9.17) is 16.3 Å². The van der Waals surface area contributed by atoms with E-state index in [0.29, 0.717) is 16.4 Å². The molecule has 0 unspecified atom stereocenters. The molecule has 0 fully saturated rings. The van der Waals surface area contributed by atoms with Crippen molar-refractivity contribution in [1.29, 1.82) is 0 Å². The van der Waals surface area contributed by atoms with Crippen molar-refractivity contribution >= 4 is 56.5 Å². The zero-order valence-corrected chi connectivity index (χ0v) is 18.6. The molecule has 0 aromatic heterocycles. The number of ether oxygens (including phenoxy) is 1. The monoisotopic (exact) mass is 473 g/mol. The number of hydrogen-bond acceptors (Lipinski definition) is 6. The number of hydrogen-bond donors (Lipinski definition) is 0. The van der Waals surface area contributed by atoms with E-state index in [-0.39, 0.29) is 10.5 Å². The molecule has 158 valence electrons. The first-order valence-corrected chi connectivity index (χ1v) is 12.2. The van der Waals surface area contributed by atoms with Crippen LogP contribution in [0, 0.1) is 0 Å². The minimum absolute atomic E-state index is 0.0936. The van der Waals surface area contributed by atoms with Crippen molar-refractivity contribution in [3.63, 3.8) is 0 Å². The van der Waals surface area contributed by atoms with E-state index in [2.05, 4.69) is 0 Å². The highest BCUT2D eigenvalue weighted by Crippen LogP contribution is 2.48. The van der Waals surface area contributed by atoms with E-state index in [9.17, 15) is 18.0 Å². The number of halogens is 1. The zero-order valence-electron chi connectivity index (χ0n) is 16.2. The van der Waals surface area contributed by atoms with Gasteiger partial charge in [0.1, 0.15) is 0 Å². The topological polar surface area (TPSA) is 80.7 Å². The summed E-state index contributed by atoms with van der Waals surface area (Å²) in [5.41, 5.74) is 1.45.